The minimum atomic E-state index is -0.474. The van der Waals surface area contributed by atoms with Crippen LogP contribution in [0.2, 0.25) is 5.02 Å². The van der Waals surface area contributed by atoms with Gasteiger partial charge in [0.1, 0.15) is 11.7 Å². The smallest absolute Gasteiger partial charge is 0.244 e. The van der Waals surface area contributed by atoms with Crippen LogP contribution in [0, 0.1) is 0 Å². The molecule has 0 radical (unpaired) electrons. The molecule has 2 heterocycles. The molecule has 1 N–H and O–H groups in total. The van der Waals surface area contributed by atoms with Crippen molar-refractivity contribution in [3.8, 4) is 11.3 Å². The molecular formula is C22H19ClN4O. The highest BCUT2D eigenvalue weighted by atomic mass is 35.5. The van der Waals surface area contributed by atoms with Gasteiger partial charge >= 0.3 is 0 Å². The van der Waals surface area contributed by atoms with E-state index in [1.807, 2.05) is 67.6 Å². The van der Waals surface area contributed by atoms with Crippen LogP contribution in [0.5, 0.6) is 0 Å². The van der Waals surface area contributed by atoms with E-state index in [1.54, 1.807) is 17.1 Å². The van der Waals surface area contributed by atoms with Crippen molar-refractivity contribution in [3.05, 3.63) is 83.6 Å². The molecule has 1 amide bonds. The van der Waals surface area contributed by atoms with Crippen molar-refractivity contribution in [2.75, 3.05) is 0 Å². The zero-order chi connectivity index (χ0) is 19.5. The van der Waals surface area contributed by atoms with Crippen molar-refractivity contribution in [3.63, 3.8) is 0 Å². The molecule has 4 aromatic rings. The first-order valence-electron chi connectivity index (χ1n) is 9.03. The van der Waals surface area contributed by atoms with Gasteiger partial charge in [-0.2, -0.15) is 5.10 Å². The predicted molar refractivity (Wildman–Crippen MR) is 111 cm³/mol. The van der Waals surface area contributed by atoms with Crippen molar-refractivity contribution in [2.45, 2.75) is 19.5 Å². The molecule has 0 bridgehead atoms. The van der Waals surface area contributed by atoms with Gasteiger partial charge in [-0.1, -0.05) is 48.0 Å². The Balaban J connectivity index is 1.67. The number of halogens is 1. The number of fused-ring (bicyclic) bond motifs is 1. The van der Waals surface area contributed by atoms with Gasteiger partial charge in [-0.25, -0.2) is 0 Å². The Labute approximate surface area is 168 Å². The summed E-state index contributed by atoms with van der Waals surface area (Å²) in [6.45, 7) is 2.27. The molecule has 0 fully saturated rings. The van der Waals surface area contributed by atoms with Crippen molar-refractivity contribution in [2.24, 2.45) is 0 Å². The molecule has 1 unspecified atom stereocenters. The third-order valence-electron chi connectivity index (χ3n) is 4.65. The van der Waals surface area contributed by atoms with Crippen LogP contribution >= 0.6 is 11.6 Å². The third kappa shape index (κ3) is 3.62. The Kier molecular flexibility index (Phi) is 5.08. The van der Waals surface area contributed by atoms with Crippen LogP contribution in [-0.2, 0) is 11.3 Å². The molecule has 140 valence electrons. The topological polar surface area (TPSA) is 59.8 Å². The zero-order valence-electron chi connectivity index (χ0n) is 15.3. The second kappa shape index (κ2) is 7.82. The predicted octanol–water partition coefficient (Wildman–Crippen LogP) is 4.63. The molecule has 28 heavy (non-hydrogen) atoms. The molecule has 6 heteroatoms. The lowest BCUT2D eigenvalue weighted by Gasteiger charge is -2.14. The lowest BCUT2D eigenvalue weighted by Crippen LogP contribution is -2.31. The van der Waals surface area contributed by atoms with Gasteiger partial charge in [0.15, 0.2) is 0 Å². The van der Waals surface area contributed by atoms with E-state index in [2.05, 4.69) is 10.3 Å². The number of hydrogen-bond donors (Lipinski definition) is 1. The van der Waals surface area contributed by atoms with Crippen LogP contribution in [0.3, 0.4) is 0 Å². The highest BCUT2D eigenvalue weighted by Crippen LogP contribution is 2.31. The number of benzene rings is 2. The fourth-order valence-corrected chi connectivity index (χ4v) is 3.34. The molecule has 0 saturated heterocycles. The maximum Gasteiger partial charge on any atom is 0.244 e. The fourth-order valence-electron chi connectivity index (χ4n) is 3.17. The summed E-state index contributed by atoms with van der Waals surface area (Å²) in [7, 11) is 0. The normalized spacial score (nSPS) is 12.1. The Morgan fingerprint density at radius 1 is 1.14 bits per heavy atom. The standard InChI is InChI=1S/C22H19ClN4O/c1-15(22(28)25-14-16-6-5-11-24-13-16)27-20-10-9-18(23)12-19(20)21(26-27)17-7-3-2-4-8-17/h2-13,15H,14H2,1H3,(H,25,28). The van der Waals surface area contributed by atoms with E-state index in [-0.39, 0.29) is 5.91 Å². The summed E-state index contributed by atoms with van der Waals surface area (Å²) in [5, 5.41) is 9.28. The summed E-state index contributed by atoms with van der Waals surface area (Å²) in [5.74, 6) is -0.109. The number of aromatic nitrogens is 3. The fraction of sp³-hybridized carbons (Fsp3) is 0.136. The Hall–Kier alpha value is -3.18. The molecule has 0 aliphatic heterocycles. The average Bonchev–Trinajstić information content (AvgIpc) is 3.11. The van der Waals surface area contributed by atoms with Gasteiger partial charge in [0.2, 0.25) is 5.91 Å². The highest BCUT2D eigenvalue weighted by molar-refractivity contribution is 6.31. The lowest BCUT2D eigenvalue weighted by molar-refractivity contribution is -0.124. The van der Waals surface area contributed by atoms with E-state index < -0.39 is 6.04 Å². The number of pyridine rings is 1. The Morgan fingerprint density at radius 2 is 1.96 bits per heavy atom. The van der Waals surface area contributed by atoms with E-state index in [1.165, 1.54) is 0 Å². The van der Waals surface area contributed by atoms with Crippen LogP contribution in [0.4, 0.5) is 0 Å². The SMILES string of the molecule is CC(C(=O)NCc1cccnc1)n1nc(-c2ccccc2)c2cc(Cl)ccc21. The Bertz CT molecular complexity index is 1110. The van der Waals surface area contributed by atoms with Crippen LogP contribution in [-0.4, -0.2) is 20.7 Å². The number of rotatable bonds is 5. The minimum Gasteiger partial charge on any atom is -0.350 e. The van der Waals surface area contributed by atoms with E-state index in [4.69, 9.17) is 16.7 Å². The number of carbonyl (C=O) groups excluding carboxylic acids is 1. The number of hydrogen-bond acceptors (Lipinski definition) is 3. The van der Waals surface area contributed by atoms with E-state index in [0.717, 1.165) is 27.7 Å². The molecule has 2 aromatic carbocycles. The molecular weight excluding hydrogens is 372 g/mol. The first kappa shape index (κ1) is 18.2. The molecule has 4 rings (SSSR count). The number of nitrogens with zero attached hydrogens (tertiary/aromatic N) is 3. The summed E-state index contributed by atoms with van der Waals surface area (Å²) in [6.07, 6.45) is 3.45. The van der Waals surface area contributed by atoms with Gasteiger partial charge < -0.3 is 5.32 Å². The summed E-state index contributed by atoms with van der Waals surface area (Å²) in [4.78, 5) is 16.8. The summed E-state index contributed by atoms with van der Waals surface area (Å²) >= 11 is 6.22. The molecule has 0 saturated carbocycles. The maximum absolute atomic E-state index is 12.8. The van der Waals surface area contributed by atoms with Gasteiger partial charge in [-0.05, 0) is 36.8 Å². The van der Waals surface area contributed by atoms with Gasteiger partial charge in [0.05, 0.1) is 5.52 Å². The Morgan fingerprint density at radius 3 is 2.71 bits per heavy atom. The van der Waals surface area contributed by atoms with Crippen molar-refractivity contribution in [1.82, 2.24) is 20.1 Å². The van der Waals surface area contributed by atoms with E-state index >= 15 is 0 Å². The largest absolute Gasteiger partial charge is 0.350 e. The first-order chi connectivity index (χ1) is 13.6. The average molecular weight is 391 g/mol. The molecule has 0 aliphatic rings. The van der Waals surface area contributed by atoms with Crippen LogP contribution < -0.4 is 5.32 Å². The van der Waals surface area contributed by atoms with Gasteiger partial charge in [0, 0.05) is 34.9 Å². The van der Waals surface area contributed by atoms with Crippen molar-refractivity contribution < 1.29 is 4.79 Å². The number of amides is 1. The quantitative estimate of drug-likeness (QED) is 0.540. The summed E-state index contributed by atoms with van der Waals surface area (Å²) in [5.41, 5.74) is 3.61. The first-order valence-corrected chi connectivity index (χ1v) is 9.41. The van der Waals surface area contributed by atoms with E-state index in [9.17, 15) is 4.79 Å². The molecule has 2 aromatic heterocycles. The number of carbonyl (C=O) groups is 1. The highest BCUT2D eigenvalue weighted by Gasteiger charge is 2.21. The minimum absolute atomic E-state index is 0.109. The van der Waals surface area contributed by atoms with Crippen LogP contribution in [0.25, 0.3) is 22.2 Å². The molecule has 0 spiro atoms. The lowest BCUT2D eigenvalue weighted by atomic mass is 10.1. The van der Waals surface area contributed by atoms with Gasteiger partial charge in [-0.3, -0.25) is 14.5 Å². The molecule has 0 aliphatic carbocycles. The molecule has 1 atom stereocenters. The zero-order valence-corrected chi connectivity index (χ0v) is 16.1. The van der Waals surface area contributed by atoms with Gasteiger partial charge in [0.25, 0.3) is 0 Å². The third-order valence-corrected chi connectivity index (χ3v) is 4.89. The monoisotopic (exact) mass is 390 g/mol. The van der Waals surface area contributed by atoms with E-state index in [0.29, 0.717) is 11.6 Å². The molecule has 5 nitrogen and oxygen atoms in total. The van der Waals surface area contributed by atoms with Crippen molar-refractivity contribution in [1.29, 1.82) is 0 Å². The summed E-state index contributed by atoms with van der Waals surface area (Å²) < 4.78 is 1.76. The maximum atomic E-state index is 12.8. The van der Waals surface area contributed by atoms with Crippen LogP contribution in [0.15, 0.2) is 73.1 Å². The number of nitrogens with one attached hydrogen (secondary N) is 1. The van der Waals surface area contributed by atoms with Crippen molar-refractivity contribution >= 4 is 28.4 Å². The summed E-state index contributed by atoms with van der Waals surface area (Å²) in [6, 6.07) is 18.8. The van der Waals surface area contributed by atoms with Gasteiger partial charge in [-0.15, -0.1) is 0 Å². The second-order valence-electron chi connectivity index (χ2n) is 6.58. The van der Waals surface area contributed by atoms with Crippen LogP contribution in [0.1, 0.15) is 18.5 Å². The second-order valence-corrected chi connectivity index (χ2v) is 7.01.